The van der Waals surface area contributed by atoms with E-state index in [1.807, 2.05) is 6.92 Å². The molecule has 1 aromatic carbocycles. The highest BCUT2D eigenvalue weighted by Crippen LogP contribution is 2.28. The van der Waals surface area contributed by atoms with Gasteiger partial charge in [0.1, 0.15) is 0 Å². The molecule has 0 aliphatic rings. The second kappa shape index (κ2) is 4.81. The van der Waals surface area contributed by atoms with E-state index < -0.39 is 9.84 Å². The molecule has 0 fully saturated rings. The van der Waals surface area contributed by atoms with Gasteiger partial charge in [0.25, 0.3) is 0 Å². The van der Waals surface area contributed by atoms with Gasteiger partial charge in [0.15, 0.2) is 6.39 Å². The summed E-state index contributed by atoms with van der Waals surface area (Å²) in [7, 11) is -3.70. The van der Waals surface area contributed by atoms with Crippen molar-refractivity contribution in [3.8, 4) is 5.95 Å². The molecule has 0 saturated heterocycles. The number of oxazole rings is 1. The summed E-state index contributed by atoms with van der Waals surface area (Å²) in [6, 6.07) is 6.53. The lowest BCUT2D eigenvalue weighted by Crippen LogP contribution is -2.05. The Bertz CT molecular complexity index is 628. The molecule has 0 N–H and O–H groups in total. The smallest absolute Gasteiger partial charge is 0.325 e. The first kappa shape index (κ1) is 12.6. The molecule has 0 aliphatic carbocycles. The number of hydrogen-bond donors (Lipinski definition) is 0. The van der Waals surface area contributed by atoms with Gasteiger partial charge in [0.05, 0.1) is 11.5 Å². The molecule has 0 spiro atoms. The van der Waals surface area contributed by atoms with Gasteiger partial charge in [-0.05, 0) is 26.0 Å². The normalized spacial score (nSPS) is 11.4. The number of hydrogen-bond acceptors (Lipinski definition) is 5. The van der Waals surface area contributed by atoms with E-state index in [4.69, 9.17) is 9.15 Å². The number of benzene rings is 1. The van der Waals surface area contributed by atoms with Crippen LogP contribution in [0.4, 0.5) is 0 Å². The van der Waals surface area contributed by atoms with E-state index in [0.717, 1.165) is 12.0 Å². The van der Waals surface area contributed by atoms with E-state index in [1.54, 1.807) is 19.1 Å². The van der Waals surface area contributed by atoms with E-state index in [2.05, 4.69) is 4.98 Å². The van der Waals surface area contributed by atoms with Crippen LogP contribution in [-0.4, -0.2) is 20.0 Å². The maximum Gasteiger partial charge on any atom is 0.325 e. The van der Waals surface area contributed by atoms with Gasteiger partial charge < -0.3 is 9.15 Å². The standard InChI is InChI=1S/C12H13NO4S/c1-3-16-12-11(13-8-17-12)18(14,15)10-6-4-9(2)5-7-10/h4-8H,3H2,1-2H3. The second-order valence-corrected chi connectivity index (χ2v) is 5.56. The zero-order valence-electron chi connectivity index (χ0n) is 10.1. The SMILES string of the molecule is CCOc1ocnc1S(=O)(=O)c1ccc(C)cc1. The fraction of sp³-hybridized carbons (Fsp3) is 0.250. The molecule has 96 valence electrons. The number of aromatic nitrogens is 1. The average Bonchev–Trinajstić information content (AvgIpc) is 2.79. The fourth-order valence-corrected chi connectivity index (χ4v) is 2.69. The third kappa shape index (κ3) is 2.24. The van der Waals surface area contributed by atoms with Crippen LogP contribution in [0.15, 0.2) is 45.0 Å². The molecule has 0 aliphatic heterocycles. The van der Waals surface area contributed by atoms with Gasteiger partial charge in [-0.1, -0.05) is 17.7 Å². The number of rotatable bonds is 4. The van der Waals surface area contributed by atoms with Gasteiger partial charge in [0.2, 0.25) is 14.9 Å². The molecule has 0 bridgehead atoms. The third-order valence-corrected chi connectivity index (χ3v) is 4.04. The predicted octanol–water partition coefficient (Wildman–Crippen LogP) is 2.21. The Kier molecular flexibility index (Phi) is 3.38. The monoisotopic (exact) mass is 267 g/mol. The molecule has 5 nitrogen and oxygen atoms in total. The fourth-order valence-electron chi connectivity index (χ4n) is 1.46. The molecule has 2 aromatic rings. The molecule has 0 radical (unpaired) electrons. The highest BCUT2D eigenvalue weighted by molar-refractivity contribution is 7.91. The molecule has 1 aromatic heterocycles. The van der Waals surface area contributed by atoms with Crippen molar-refractivity contribution in [2.75, 3.05) is 6.61 Å². The van der Waals surface area contributed by atoms with Crippen LogP contribution in [0.25, 0.3) is 0 Å². The first-order valence-corrected chi connectivity index (χ1v) is 6.92. The van der Waals surface area contributed by atoms with Crippen molar-refractivity contribution < 1.29 is 17.6 Å². The Morgan fingerprint density at radius 3 is 2.56 bits per heavy atom. The summed E-state index contributed by atoms with van der Waals surface area (Å²) < 4.78 is 34.6. The van der Waals surface area contributed by atoms with Crippen molar-refractivity contribution in [1.29, 1.82) is 0 Å². The van der Waals surface area contributed by atoms with Crippen LogP contribution in [0.5, 0.6) is 5.95 Å². The summed E-state index contributed by atoms with van der Waals surface area (Å²) >= 11 is 0. The van der Waals surface area contributed by atoms with Crippen molar-refractivity contribution in [2.24, 2.45) is 0 Å². The Morgan fingerprint density at radius 2 is 1.94 bits per heavy atom. The Labute approximate surface area is 105 Å². The maximum atomic E-state index is 12.3. The lowest BCUT2D eigenvalue weighted by atomic mass is 10.2. The summed E-state index contributed by atoms with van der Waals surface area (Å²) in [5.74, 6) is -0.0712. The average molecular weight is 267 g/mol. The molecule has 0 atom stereocenters. The second-order valence-electron chi connectivity index (χ2n) is 3.69. The Balaban J connectivity index is 2.48. The quantitative estimate of drug-likeness (QED) is 0.849. The van der Waals surface area contributed by atoms with E-state index >= 15 is 0 Å². The molecule has 0 amide bonds. The van der Waals surface area contributed by atoms with Crippen LogP contribution in [0.2, 0.25) is 0 Å². The summed E-state index contributed by atoms with van der Waals surface area (Å²) in [4.78, 5) is 3.90. The summed E-state index contributed by atoms with van der Waals surface area (Å²) in [6.07, 6.45) is 1.06. The van der Waals surface area contributed by atoms with Gasteiger partial charge in [-0.3, -0.25) is 0 Å². The largest absolute Gasteiger partial charge is 0.463 e. The lowest BCUT2D eigenvalue weighted by molar-refractivity contribution is 0.249. The molecule has 6 heteroatoms. The zero-order valence-corrected chi connectivity index (χ0v) is 10.9. The first-order chi connectivity index (χ1) is 8.55. The van der Waals surface area contributed by atoms with Crippen molar-refractivity contribution in [2.45, 2.75) is 23.8 Å². The molecule has 18 heavy (non-hydrogen) atoms. The van der Waals surface area contributed by atoms with Crippen molar-refractivity contribution >= 4 is 9.84 Å². The van der Waals surface area contributed by atoms with Crippen LogP contribution in [0, 0.1) is 6.92 Å². The van der Waals surface area contributed by atoms with Gasteiger partial charge in [0, 0.05) is 0 Å². The van der Waals surface area contributed by atoms with Crippen molar-refractivity contribution in [3.63, 3.8) is 0 Å². The minimum absolute atomic E-state index is 0.0712. The maximum absolute atomic E-state index is 12.3. The van der Waals surface area contributed by atoms with Crippen LogP contribution in [0.3, 0.4) is 0 Å². The van der Waals surface area contributed by atoms with E-state index in [9.17, 15) is 8.42 Å². The highest BCUT2D eigenvalue weighted by Gasteiger charge is 2.26. The van der Waals surface area contributed by atoms with E-state index in [1.165, 1.54) is 12.1 Å². The van der Waals surface area contributed by atoms with Gasteiger partial charge in [-0.25, -0.2) is 13.4 Å². The highest BCUT2D eigenvalue weighted by atomic mass is 32.2. The third-order valence-electron chi connectivity index (χ3n) is 2.37. The Morgan fingerprint density at radius 1 is 1.28 bits per heavy atom. The number of aryl methyl sites for hydroxylation is 1. The molecule has 0 unspecified atom stereocenters. The van der Waals surface area contributed by atoms with Crippen LogP contribution in [0.1, 0.15) is 12.5 Å². The van der Waals surface area contributed by atoms with Crippen LogP contribution in [-0.2, 0) is 9.84 Å². The number of nitrogens with zero attached hydrogens (tertiary/aromatic N) is 1. The number of ether oxygens (including phenoxy) is 1. The minimum atomic E-state index is -3.70. The van der Waals surface area contributed by atoms with Gasteiger partial charge in [-0.2, -0.15) is 0 Å². The minimum Gasteiger partial charge on any atom is -0.463 e. The van der Waals surface area contributed by atoms with Crippen molar-refractivity contribution in [3.05, 3.63) is 36.2 Å². The molecular formula is C12H13NO4S. The summed E-state index contributed by atoms with van der Waals surface area (Å²) in [5, 5.41) is -0.187. The molecule has 1 heterocycles. The topological polar surface area (TPSA) is 69.4 Å². The molecular weight excluding hydrogens is 254 g/mol. The van der Waals surface area contributed by atoms with Crippen LogP contribution < -0.4 is 4.74 Å². The summed E-state index contributed by atoms with van der Waals surface area (Å²) in [6.45, 7) is 3.94. The van der Waals surface area contributed by atoms with E-state index in [0.29, 0.717) is 6.61 Å². The summed E-state index contributed by atoms with van der Waals surface area (Å²) in [5.41, 5.74) is 0.985. The van der Waals surface area contributed by atoms with Crippen LogP contribution >= 0.6 is 0 Å². The zero-order chi connectivity index (χ0) is 13.2. The van der Waals surface area contributed by atoms with Gasteiger partial charge >= 0.3 is 5.95 Å². The lowest BCUT2D eigenvalue weighted by Gasteiger charge is -2.04. The van der Waals surface area contributed by atoms with Crippen molar-refractivity contribution in [1.82, 2.24) is 4.98 Å². The number of sulfone groups is 1. The molecule has 0 saturated carbocycles. The Hall–Kier alpha value is -1.82. The van der Waals surface area contributed by atoms with Gasteiger partial charge in [-0.15, -0.1) is 0 Å². The predicted molar refractivity (Wildman–Crippen MR) is 64.3 cm³/mol. The van der Waals surface area contributed by atoms with E-state index in [-0.39, 0.29) is 15.9 Å². The molecule has 2 rings (SSSR count). The first-order valence-electron chi connectivity index (χ1n) is 5.43.